The summed E-state index contributed by atoms with van der Waals surface area (Å²) in [5.41, 5.74) is -2.31. The second kappa shape index (κ2) is 8.46. The lowest BCUT2D eigenvalue weighted by atomic mass is 10.0. The highest BCUT2D eigenvalue weighted by molar-refractivity contribution is 5.73. The van der Waals surface area contributed by atoms with E-state index in [2.05, 4.69) is 9.84 Å². The summed E-state index contributed by atoms with van der Waals surface area (Å²) in [6.45, 7) is 3.98. The molecule has 1 aromatic heterocycles. The summed E-state index contributed by atoms with van der Waals surface area (Å²) in [7, 11) is 4.61. The highest BCUT2D eigenvalue weighted by Gasteiger charge is 2.36. The number of rotatable bonds is 7. The fraction of sp³-hybridized carbons (Fsp3) is 0.688. The van der Waals surface area contributed by atoms with Gasteiger partial charge in [-0.2, -0.15) is 18.3 Å². The van der Waals surface area contributed by atoms with E-state index in [1.165, 1.54) is 0 Å². The zero-order chi connectivity index (χ0) is 19.4. The lowest BCUT2D eigenvalue weighted by Crippen LogP contribution is -2.36. The number of carbonyl (C=O) groups is 1. The number of esters is 1. The van der Waals surface area contributed by atoms with Gasteiger partial charge in [-0.25, -0.2) is 9.48 Å². The van der Waals surface area contributed by atoms with E-state index in [1.807, 2.05) is 13.8 Å². The number of hydrogen-bond acceptors (Lipinski definition) is 5. The molecule has 142 valence electrons. The predicted molar refractivity (Wildman–Crippen MR) is 86.3 cm³/mol. The van der Waals surface area contributed by atoms with Crippen LogP contribution in [0, 0.1) is 5.92 Å². The maximum absolute atomic E-state index is 13.2. The first-order chi connectivity index (χ1) is 11.5. The first kappa shape index (κ1) is 21.1. The number of alkyl halides is 3. The van der Waals surface area contributed by atoms with Crippen LogP contribution in [0.15, 0.2) is 10.9 Å². The highest BCUT2D eigenvalue weighted by atomic mass is 19.4. The molecule has 0 fully saturated rings. The molecule has 1 rings (SSSR count). The maximum Gasteiger partial charge on any atom is 0.418 e. The summed E-state index contributed by atoms with van der Waals surface area (Å²) in [6.07, 6.45) is -4.46. The van der Waals surface area contributed by atoms with Crippen molar-refractivity contribution in [3.8, 4) is 0 Å². The fourth-order valence-electron chi connectivity index (χ4n) is 2.37. The van der Waals surface area contributed by atoms with E-state index in [0.29, 0.717) is 12.6 Å². The van der Waals surface area contributed by atoms with Crippen LogP contribution in [0.25, 0.3) is 0 Å². The Bertz CT molecular complexity index is 654. The van der Waals surface area contributed by atoms with Crippen molar-refractivity contribution in [3.05, 3.63) is 27.7 Å². The van der Waals surface area contributed by atoms with Gasteiger partial charge >= 0.3 is 12.1 Å². The largest absolute Gasteiger partial charge is 0.467 e. The molecular weight excluding hydrogens is 339 g/mol. The Balaban J connectivity index is 3.46. The standard InChI is InChI=1S/C16H24F3N3O3/c1-10(2)8-13(15(24)25-5)22-14(23)9-11(16(17,18)19)12(20-22)6-7-21(3)4/h9-10,13H,6-8H2,1-5H3. The van der Waals surface area contributed by atoms with Gasteiger partial charge in [-0.3, -0.25) is 4.79 Å². The number of methoxy groups -OCH3 is 1. The van der Waals surface area contributed by atoms with Crippen LogP contribution >= 0.6 is 0 Å². The van der Waals surface area contributed by atoms with E-state index in [0.717, 1.165) is 11.8 Å². The molecular formula is C16H24F3N3O3. The number of carbonyl (C=O) groups excluding carboxylic acids is 1. The predicted octanol–water partition coefficient (Wildman–Crippen LogP) is 2.13. The summed E-state index contributed by atoms with van der Waals surface area (Å²) in [5, 5.41) is 3.89. The van der Waals surface area contributed by atoms with Crippen LogP contribution in [-0.2, 0) is 22.1 Å². The molecule has 0 saturated carbocycles. The van der Waals surface area contributed by atoms with Crippen molar-refractivity contribution in [1.29, 1.82) is 0 Å². The van der Waals surface area contributed by atoms with Crippen LogP contribution in [0.3, 0.4) is 0 Å². The molecule has 0 bridgehead atoms. The van der Waals surface area contributed by atoms with E-state index < -0.39 is 29.3 Å². The quantitative estimate of drug-likeness (QED) is 0.695. The van der Waals surface area contributed by atoms with Gasteiger partial charge in [0.1, 0.15) is 0 Å². The summed E-state index contributed by atoms with van der Waals surface area (Å²) in [6, 6.07) is -0.549. The summed E-state index contributed by atoms with van der Waals surface area (Å²) in [4.78, 5) is 25.9. The van der Waals surface area contributed by atoms with Gasteiger partial charge in [0, 0.05) is 19.0 Å². The van der Waals surface area contributed by atoms with E-state index in [4.69, 9.17) is 0 Å². The third kappa shape index (κ3) is 5.84. The fourth-order valence-corrected chi connectivity index (χ4v) is 2.37. The third-order valence-electron chi connectivity index (χ3n) is 3.60. The monoisotopic (exact) mass is 363 g/mol. The van der Waals surface area contributed by atoms with Gasteiger partial charge in [-0.05, 0) is 26.4 Å². The van der Waals surface area contributed by atoms with Gasteiger partial charge in [0.05, 0.1) is 18.4 Å². The van der Waals surface area contributed by atoms with E-state index in [-0.39, 0.29) is 24.5 Å². The van der Waals surface area contributed by atoms with Gasteiger partial charge in [0.2, 0.25) is 0 Å². The molecule has 0 N–H and O–H groups in total. The Labute approximate surface area is 144 Å². The first-order valence-electron chi connectivity index (χ1n) is 7.89. The minimum absolute atomic E-state index is 0.00229. The Kier molecular flexibility index (Phi) is 7.16. The van der Waals surface area contributed by atoms with E-state index in [1.54, 1.807) is 19.0 Å². The van der Waals surface area contributed by atoms with Gasteiger partial charge < -0.3 is 9.64 Å². The second-order valence-corrected chi connectivity index (χ2v) is 6.51. The van der Waals surface area contributed by atoms with Crippen molar-refractivity contribution >= 4 is 5.97 Å². The topological polar surface area (TPSA) is 64.4 Å². The lowest BCUT2D eigenvalue weighted by molar-refractivity contribution is -0.145. The number of aromatic nitrogens is 2. The molecule has 9 heteroatoms. The highest BCUT2D eigenvalue weighted by Crippen LogP contribution is 2.31. The van der Waals surface area contributed by atoms with E-state index in [9.17, 15) is 22.8 Å². The Morgan fingerprint density at radius 1 is 1.36 bits per heavy atom. The lowest BCUT2D eigenvalue weighted by Gasteiger charge is -2.21. The molecule has 25 heavy (non-hydrogen) atoms. The van der Waals surface area contributed by atoms with Crippen LogP contribution < -0.4 is 5.56 Å². The number of ether oxygens (including phenoxy) is 1. The van der Waals surface area contributed by atoms with Gasteiger partial charge in [-0.15, -0.1) is 0 Å². The molecule has 0 aliphatic rings. The van der Waals surface area contributed by atoms with Crippen LogP contribution in [0.5, 0.6) is 0 Å². The summed E-state index contributed by atoms with van der Waals surface area (Å²) < 4.78 is 45.2. The Hall–Kier alpha value is -1.90. The smallest absolute Gasteiger partial charge is 0.418 e. The number of halogens is 3. The molecule has 0 amide bonds. The maximum atomic E-state index is 13.2. The van der Waals surface area contributed by atoms with Crippen molar-refractivity contribution in [1.82, 2.24) is 14.7 Å². The molecule has 0 aromatic carbocycles. The van der Waals surface area contributed by atoms with Crippen molar-refractivity contribution in [3.63, 3.8) is 0 Å². The molecule has 0 radical (unpaired) electrons. The minimum atomic E-state index is -4.69. The van der Waals surface area contributed by atoms with Crippen molar-refractivity contribution in [2.45, 2.75) is 38.9 Å². The van der Waals surface area contributed by atoms with Crippen LogP contribution in [0.4, 0.5) is 13.2 Å². The molecule has 1 atom stereocenters. The van der Waals surface area contributed by atoms with Gasteiger partial charge in [0.25, 0.3) is 5.56 Å². The number of hydrogen-bond donors (Lipinski definition) is 0. The Morgan fingerprint density at radius 2 is 1.96 bits per heavy atom. The number of nitrogens with zero attached hydrogens (tertiary/aromatic N) is 3. The molecule has 0 aliphatic heterocycles. The Morgan fingerprint density at radius 3 is 2.40 bits per heavy atom. The van der Waals surface area contributed by atoms with Crippen molar-refractivity contribution in [2.24, 2.45) is 5.92 Å². The van der Waals surface area contributed by atoms with Crippen LogP contribution in [0.2, 0.25) is 0 Å². The molecule has 1 heterocycles. The molecule has 0 spiro atoms. The minimum Gasteiger partial charge on any atom is -0.467 e. The zero-order valence-electron chi connectivity index (χ0n) is 15.1. The normalized spacial score (nSPS) is 13.4. The van der Waals surface area contributed by atoms with Crippen molar-refractivity contribution < 1.29 is 22.7 Å². The zero-order valence-corrected chi connectivity index (χ0v) is 15.1. The average molecular weight is 363 g/mol. The molecule has 0 aliphatic carbocycles. The van der Waals surface area contributed by atoms with E-state index >= 15 is 0 Å². The third-order valence-corrected chi connectivity index (χ3v) is 3.60. The first-order valence-corrected chi connectivity index (χ1v) is 7.89. The van der Waals surface area contributed by atoms with Crippen molar-refractivity contribution in [2.75, 3.05) is 27.7 Å². The summed E-state index contributed by atoms with van der Waals surface area (Å²) >= 11 is 0. The van der Waals surface area contributed by atoms with Gasteiger partial charge in [0.15, 0.2) is 6.04 Å². The summed E-state index contributed by atoms with van der Waals surface area (Å²) in [5.74, 6) is -0.688. The molecule has 0 saturated heterocycles. The second-order valence-electron chi connectivity index (χ2n) is 6.51. The van der Waals surface area contributed by atoms with Crippen LogP contribution in [0.1, 0.15) is 37.6 Å². The molecule has 1 aromatic rings. The molecule has 6 nitrogen and oxygen atoms in total. The van der Waals surface area contributed by atoms with Gasteiger partial charge in [-0.1, -0.05) is 13.8 Å². The SMILES string of the molecule is COC(=O)C(CC(C)C)n1nc(CCN(C)C)c(C(F)(F)F)cc1=O. The number of likely N-dealkylation sites (N-methyl/N-ethyl adjacent to an activating group) is 1. The average Bonchev–Trinajstić information content (AvgIpc) is 2.49. The molecule has 1 unspecified atom stereocenters. The van der Waals surface area contributed by atoms with Crippen LogP contribution in [-0.4, -0.2) is 48.4 Å².